The van der Waals surface area contributed by atoms with Gasteiger partial charge in [0.2, 0.25) is 0 Å². The molecule has 5 nitrogen and oxygen atoms in total. The van der Waals surface area contributed by atoms with Crippen molar-refractivity contribution in [1.82, 2.24) is 15.5 Å². The molecule has 1 aliphatic heterocycles. The lowest BCUT2D eigenvalue weighted by Crippen LogP contribution is -2.40. The van der Waals surface area contributed by atoms with E-state index in [2.05, 4.69) is 27.4 Å². The Morgan fingerprint density at radius 2 is 1.87 bits per heavy atom. The van der Waals surface area contributed by atoms with Gasteiger partial charge in [-0.15, -0.1) is 24.0 Å². The van der Waals surface area contributed by atoms with Crippen LogP contribution in [0.5, 0.6) is 0 Å². The van der Waals surface area contributed by atoms with E-state index in [0.29, 0.717) is 23.7 Å². The molecule has 1 aromatic rings. The van der Waals surface area contributed by atoms with Crippen LogP contribution in [0.25, 0.3) is 0 Å². The Bertz CT molecular complexity index is 515. The number of rotatable bonds is 5. The zero-order chi connectivity index (χ0) is 15.8. The van der Waals surface area contributed by atoms with Crippen molar-refractivity contribution < 1.29 is 4.79 Å². The SMILES string of the molecule is CCNC(=NCCNC(=O)c1ccc(Cl)cc1)N1CCCC1.I. The number of carbonyl (C=O) groups is 1. The lowest BCUT2D eigenvalue weighted by Gasteiger charge is -2.20. The first-order valence-electron chi connectivity index (χ1n) is 7.77. The molecule has 7 heteroatoms. The van der Waals surface area contributed by atoms with Gasteiger partial charge >= 0.3 is 0 Å². The van der Waals surface area contributed by atoms with E-state index in [1.165, 1.54) is 12.8 Å². The number of likely N-dealkylation sites (tertiary alicyclic amines) is 1. The van der Waals surface area contributed by atoms with Gasteiger partial charge in [0.1, 0.15) is 0 Å². The van der Waals surface area contributed by atoms with Crippen molar-refractivity contribution in [3.8, 4) is 0 Å². The molecule has 0 saturated carbocycles. The largest absolute Gasteiger partial charge is 0.357 e. The molecule has 128 valence electrons. The maximum absolute atomic E-state index is 12.0. The van der Waals surface area contributed by atoms with Gasteiger partial charge in [-0.25, -0.2) is 0 Å². The smallest absolute Gasteiger partial charge is 0.251 e. The zero-order valence-electron chi connectivity index (χ0n) is 13.3. The normalized spacial score (nSPS) is 14.3. The molecule has 0 unspecified atom stereocenters. The number of carbonyl (C=O) groups excluding carboxylic acids is 1. The van der Waals surface area contributed by atoms with Gasteiger partial charge in [0.05, 0.1) is 6.54 Å². The van der Waals surface area contributed by atoms with Crippen molar-refractivity contribution in [2.45, 2.75) is 19.8 Å². The molecule has 1 heterocycles. The molecular formula is C16H24ClIN4O. The molecule has 0 aromatic heterocycles. The molecule has 1 saturated heterocycles. The predicted octanol–water partition coefficient (Wildman–Crippen LogP) is 2.75. The van der Waals surface area contributed by atoms with Crippen LogP contribution in [0.2, 0.25) is 5.02 Å². The van der Waals surface area contributed by atoms with Crippen LogP contribution in [0.3, 0.4) is 0 Å². The lowest BCUT2D eigenvalue weighted by atomic mass is 10.2. The minimum Gasteiger partial charge on any atom is -0.357 e. The van der Waals surface area contributed by atoms with Crippen LogP contribution in [-0.2, 0) is 0 Å². The number of halogens is 2. The summed E-state index contributed by atoms with van der Waals surface area (Å²) in [6.45, 7) is 6.12. The van der Waals surface area contributed by atoms with Crippen molar-refractivity contribution in [2.75, 3.05) is 32.7 Å². The summed E-state index contributed by atoms with van der Waals surface area (Å²) in [4.78, 5) is 18.8. The molecule has 0 radical (unpaired) electrons. The van der Waals surface area contributed by atoms with Gasteiger partial charge in [0.15, 0.2) is 5.96 Å². The van der Waals surface area contributed by atoms with Gasteiger partial charge in [-0.05, 0) is 44.0 Å². The highest BCUT2D eigenvalue weighted by atomic mass is 127. The molecule has 1 fully saturated rings. The van der Waals surface area contributed by atoms with Crippen molar-refractivity contribution in [2.24, 2.45) is 4.99 Å². The van der Waals surface area contributed by atoms with E-state index in [1.54, 1.807) is 24.3 Å². The van der Waals surface area contributed by atoms with Crippen molar-refractivity contribution >= 4 is 47.4 Å². The van der Waals surface area contributed by atoms with E-state index >= 15 is 0 Å². The van der Waals surface area contributed by atoms with Crippen LogP contribution < -0.4 is 10.6 Å². The van der Waals surface area contributed by atoms with E-state index < -0.39 is 0 Å². The van der Waals surface area contributed by atoms with Crippen molar-refractivity contribution in [3.05, 3.63) is 34.9 Å². The first-order chi connectivity index (χ1) is 10.7. The Balaban J connectivity index is 0.00000264. The number of guanidine groups is 1. The Hall–Kier alpha value is -1.02. The molecule has 0 atom stereocenters. The van der Waals surface area contributed by atoms with Gasteiger partial charge in [-0.1, -0.05) is 11.6 Å². The lowest BCUT2D eigenvalue weighted by molar-refractivity contribution is 0.0955. The van der Waals surface area contributed by atoms with Gasteiger partial charge in [0, 0.05) is 36.8 Å². The molecule has 0 bridgehead atoms. The number of hydrogen-bond acceptors (Lipinski definition) is 2. The second kappa shape index (κ2) is 10.7. The number of nitrogens with one attached hydrogen (secondary N) is 2. The Kier molecular flexibility index (Phi) is 9.31. The van der Waals surface area contributed by atoms with Crippen LogP contribution >= 0.6 is 35.6 Å². The monoisotopic (exact) mass is 450 g/mol. The molecule has 1 aromatic carbocycles. The molecule has 2 N–H and O–H groups in total. The summed E-state index contributed by atoms with van der Waals surface area (Å²) in [5.74, 6) is 0.846. The second-order valence-electron chi connectivity index (χ2n) is 5.19. The molecule has 0 spiro atoms. The maximum Gasteiger partial charge on any atom is 0.251 e. The van der Waals surface area contributed by atoms with Crippen molar-refractivity contribution in [3.63, 3.8) is 0 Å². The van der Waals surface area contributed by atoms with Crippen molar-refractivity contribution in [1.29, 1.82) is 0 Å². The summed E-state index contributed by atoms with van der Waals surface area (Å²) in [6, 6.07) is 6.86. The minimum atomic E-state index is -0.0990. The fraction of sp³-hybridized carbons (Fsp3) is 0.500. The Labute approximate surface area is 159 Å². The van der Waals surface area contributed by atoms with E-state index in [0.717, 1.165) is 25.6 Å². The van der Waals surface area contributed by atoms with Crippen LogP contribution in [0.1, 0.15) is 30.1 Å². The maximum atomic E-state index is 12.0. The van der Waals surface area contributed by atoms with E-state index in [4.69, 9.17) is 11.6 Å². The average Bonchev–Trinajstić information content (AvgIpc) is 3.05. The molecule has 2 rings (SSSR count). The first kappa shape index (κ1) is 20.0. The average molecular weight is 451 g/mol. The summed E-state index contributed by atoms with van der Waals surface area (Å²) in [7, 11) is 0. The van der Waals surface area contributed by atoms with E-state index in [9.17, 15) is 4.79 Å². The standard InChI is InChI=1S/C16H23ClN4O.HI/c1-2-18-16(21-11-3-4-12-21)20-10-9-19-15(22)13-5-7-14(17)8-6-13;/h5-8H,2-4,9-12H2,1H3,(H,18,20)(H,19,22);1H. The van der Waals surface area contributed by atoms with Gasteiger partial charge in [0.25, 0.3) is 5.91 Å². The van der Waals surface area contributed by atoms with Crippen LogP contribution in [0.15, 0.2) is 29.3 Å². The fourth-order valence-corrected chi connectivity index (χ4v) is 2.52. The fourth-order valence-electron chi connectivity index (χ4n) is 2.39. The predicted molar refractivity (Wildman–Crippen MR) is 106 cm³/mol. The van der Waals surface area contributed by atoms with Crippen LogP contribution in [-0.4, -0.2) is 49.5 Å². The summed E-state index contributed by atoms with van der Waals surface area (Å²) in [5.41, 5.74) is 0.611. The third-order valence-electron chi connectivity index (χ3n) is 3.51. The summed E-state index contributed by atoms with van der Waals surface area (Å²) in [6.07, 6.45) is 2.44. The van der Waals surface area contributed by atoms with E-state index in [-0.39, 0.29) is 29.9 Å². The van der Waals surface area contributed by atoms with Gasteiger partial charge in [-0.2, -0.15) is 0 Å². The molecule has 0 aliphatic carbocycles. The van der Waals surface area contributed by atoms with E-state index in [1.807, 2.05) is 0 Å². The molecule has 1 amide bonds. The van der Waals surface area contributed by atoms with Gasteiger partial charge < -0.3 is 15.5 Å². The number of benzene rings is 1. The summed E-state index contributed by atoms with van der Waals surface area (Å²) < 4.78 is 0. The zero-order valence-corrected chi connectivity index (χ0v) is 16.4. The number of nitrogens with zero attached hydrogens (tertiary/aromatic N) is 2. The highest BCUT2D eigenvalue weighted by molar-refractivity contribution is 14.0. The Morgan fingerprint density at radius 1 is 1.22 bits per heavy atom. The van der Waals surface area contributed by atoms with Crippen LogP contribution in [0.4, 0.5) is 0 Å². The second-order valence-corrected chi connectivity index (χ2v) is 5.63. The topological polar surface area (TPSA) is 56.7 Å². The highest BCUT2D eigenvalue weighted by Crippen LogP contribution is 2.09. The van der Waals surface area contributed by atoms with Crippen LogP contribution in [0, 0.1) is 0 Å². The molecule has 1 aliphatic rings. The molecule has 23 heavy (non-hydrogen) atoms. The van der Waals surface area contributed by atoms with Gasteiger partial charge in [-0.3, -0.25) is 9.79 Å². The highest BCUT2D eigenvalue weighted by Gasteiger charge is 2.15. The number of hydrogen-bond donors (Lipinski definition) is 2. The minimum absolute atomic E-state index is 0. The third kappa shape index (κ3) is 6.55. The third-order valence-corrected chi connectivity index (χ3v) is 3.76. The first-order valence-corrected chi connectivity index (χ1v) is 8.15. The number of aliphatic imine (C=N–C) groups is 1. The summed E-state index contributed by atoms with van der Waals surface area (Å²) in [5, 5.41) is 6.80. The number of amides is 1. The Morgan fingerprint density at radius 3 is 2.48 bits per heavy atom. The summed E-state index contributed by atoms with van der Waals surface area (Å²) >= 11 is 5.81. The quantitative estimate of drug-likeness (QED) is 0.314. The molecular weight excluding hydrogens is 427 g/mol.